The standard InChI is InChI=1S/C14H13Cl2NO2S/c15-10-5-11-13(18)9(7-17-1-3-20-4-2-17)8-19-14(11)12(16)6-10/h5-6,8H,1-4,7H2/p+1. The highest BCUT2D eigenvalue weighted by Gasteiger charge is 2.18. The molecule has 1 N–H and O–H groups in total. The smallest absolute Gasteiger partial charge is 0.201 e. The van der Waals surface area contributed by atoms with Crippen molar-refractivity contribution < 1.29 is 9.32 Å². The Morgan fingerprint density at radius 3 is 2.75 bits per heavy atom. The molecule has 3 nitrogen and oxygen atoms in total. The second kappa shape index (κ2) is 5.98. The lowest BCUT2D eigenvalue weighted by atomic mass is 10.1. The zero-order valence-electron chi connectivity index (χ0n) is 10.7. The highest BCUT2D eigenvalue weighted by Crippen LogP contribution is 2.26. The lowest BCUT2D eigenvalue weighted by molar-refractivity contribution is -0.910. The Bertz CT molecular complexity index is 695. The van der Waals surface area contributed by atoms with Crippen LogP contribution in [0.2, 0.25) is 10.0 Å². The van der Waals surface area contributed by atoms with Gasteiger partial charge in [-0.15, -0.1) is 0 Å². The van der Waals surface area contributed by atoms with E-state index in [4.69, 9.17) is 27.6 Å². The van der Waals surface area contributed by atoms with Gasteiger partial charge < -0.3 is 9.32 Å². The molecule has 1 fully saturated rings. The summed E-state index contributed by atoms with van der Waals surface area (Å²) in [6, 6.07) is 3.21. The number of halogens is 2. The summed E-state index contributed by atoms with van der Waals surface area (Å²) in [5.74, 6) is 2.29. The molecule has 0 unspecified atom stereocenters. The van der Waals surface area contributed by atoms with Crippen LogP contribution in [0.1, 0.15) is 5.56 Å². The lowest BCUT2D eigenvalue weighted by Crippen LogP contribution is -3.12. The van der Waals surface area contributed by atoms with E-state index >= 15 is 0 Å². The molecule has 0 spiro atoms. The van der Waals surface area contributed by atoms with Crippen LogP contribution < -0.4 is 10.3 Å². The van der Waals surface area contributed by atoms with Gasteiger partial charge in [-0.05, 0) is 12.1 Å². The van der Waals surface area contributed by atoms with E-state index in [2.05, 4.69) is 0 Å². The van der Waals surface area contributed by atoms with Gasteiger partial charge in [0.25, 0.3) is 0 Å². The van der Waals surface area contributed by atoms with E-state index in [1.807, 2.05) is 11.8 Å². The van der Waals surface area contributed by atoms with Crippen molar-refractivity contribution in [3.63, 3.8) is 0 Å². The molecule has 0 radical (unpaired) electrons. The zero-order chi connectivity index (χ0) is 14.1. The van der Waals surface area contributed by atoms with Gasteiger partial charge >= 0.3 is 0 Å². The Morgan fingerprint density at radius 1 is 1.25 bits per heavy atom. The molecule has 6 heteroatoms. The van der Waals surface area contributed by atoms with E-state index in [1.54, 1.807) is 18.4 Å². The summed E-state index contributed by atoms with van der Waals surface area (Å²) in [6.45, 7) is 2.86. The van der Waals surface area contributed by atoms with Crippen LogP contribution in [-0.2, 0) is 6.54 Å². The first-order chi connectivity index (χ1) is 9.65. The molecular formula is C14H14Cl2NO2S+. The van der Waals surface area contributed by atoms with Gasteiger partial charge in [0.15, 0.2) is 5.58 Å². The molecule has 0 saturated carbocycles. The molecule has 2 heterocycles. The Morgan fingerprint density at radius 2 is 2.00 bits per heavy atom. The van der Waals surface area contributed by atoms with E-state index in [9.17, 15) is 4.79 Å². The minimum atomic E-state index is -0.0265. The average Bonchev–Trinajstić information content (AvgIpc) is 2.43. The van der Waals surface area contributed by atoms with Crippen molar-refractivity contribution in [1.29, 1.82) is 0 Å². The van der Waals surface area contributed by atoms with Crippen molar-refractivity contribution in [1.82, 2.24) is 0 Å². The van der Waals surface area contributed by atoms with Crippen molar-refractivity contribution in [2.45, 2.75) is 6.54 Å². The molecule has 0 bridgehead atoms. The maximum atomic E-state index is 12.5. The van der Waals surface area contributed by atoms with Gasteiger partial charge in [-0.25, -0.2) is 0 Å². The SMILES string of the molecule is O=c1c(C[NH+]2CCSCC2)coc2c(Cl)cc(Cl)cc12. The van der Waals surface area contributed by atoms with Crippen molar-refractivity contribution in [3.8, 4) is 0 Å². The number of fused-ring (bicyclic) bond motifs is 1. The predicted octanol–water partition coefficient (Wildman–Crippen LogP) is 2.23. The molecule has 0 aliphatic carbocycles. The third kappa shape index (κ3) is 2.84. The molecule has 1 saturated heterocycles. The lowest BCUT2D eigenvalue weighted by Gasteiger charge is -2.22. The minimum Gasteiger partial charge on any atom is -0.462 e. The Labute approximate surface area is 130 Å². The molecule has 1 aliphatic heterocycles. The number of thioether (sulfide) groups is 1. The van der Waals surface area contributed by atoms with Crippen molar-refractivity contribution in [3.05, 3.63) is 44.2 Å². The van der Waals surface area contributed by atoms with E-state index in [1.165, 1.54) is 4.90 Å². The van der Waals surface area contributed by atoms with Gasteiger partial charge in [0, 0.05) is 16.5 Å². The molecule has 0 atom stereocenters. The van der Waals surface area contributed by atoms with Crippen LogP contribution >= 0.6 is 35.0 Å². The quantitative estimate of drug-likeness (QED) is 0.917. The van der Waals surface area contributed by atoms with Gasteiger partial charge in [0.05, 0.1) is 29.1 Å². The first kappa shape index (κ1) is 14.3. The number of nitrogens with one attached hydrogen (secondary N) is 1. The summed E-state index contributed by atoms with van der Waals surface area (Å²) in [7, 11) is 0. The minimum absolute atomic E-state index is 0.0265. The first-order valence-corrected chi connectivity index (χ1v) is 8.37. The fraction of sp³-hybridized carbons (Fsp3) is 0.357. The third-order valence-corrected chi connectivity index (χ3v) is 4.99. The van der Waals surface area contributed by atoms with Gasteiger partial charge in [-0.2, -0.15) is 11.8 Å². The number of hydrogen-bond acceptors (Lipinski definition) is 3. The Kier molecular flexibility index (Phi) is 4.26. The molecule has 1 aromatic heterocycles. The summed E-state index contributed by atoms with van der Waals surface area (Å²) in [6.07, 6.45) is 1.54. The van der Waals surface area contributed by atoms with Gasteiger partial charge in [-0.1, -0.05) is 23.2 Å². The maximum Gasteiger partial charge on any atom is 0.201 e. The number of rotatable bonds is 2. The maximum absolute atomic E-state index is 12.5. The topological polar surface area (TPSA) is 34.7 Å². The third-order valence-electron chi connectivity index (χ3n) is 3.50. The van der Waals surface area contributed by atoms with Crippen LogP contribution in [0.5, 0.6) is 0 Å². The second-order valence-electron chi connectivity index (χ2n) is 4.89. The highest BCUT2D eigenvalue weighted by molar-refractivity contribution is 7.99. The first-order valence-electron chi connectivity index (χ1n) is 6.46. The fourth-order valence-electron chi connectivity index (χ4n) is 2.43. The van der Waals surface area contributed by atoms with E-state index < -0.39 is 0 Å². The normalized spacial score (nSPS) is 16.7. The van der Waals surface area contributed by atoms with E-state index in [-0.39, 0.29) is 5.43 Å². The zero-order valence-corrected chi connectivity index (χ0v) is 13.1. The summed E-state index contributed by atoms with van der Waals surface area (Å²) < 4.78 is 5.54. The predicted molar refractivity (Wildman–Crippen MR) is 84.2 cm³/mol. The fourth-order valence-corrected chi connectivity index (χ4v) is 4.04. The van der Waals surface area contributed by atoms with Crippen molar-refractivity contribution in [2.24, 2.45) is 0 Å². The van der Waals surface area contributed by atoms with Gasteiger partial charge in [0.1, 0.15) is 12.8 Å². The van der Waals surface area contributed by atoms with Crippen LogP contribution in [0.25, 0.3) is 11.0 Å². The molecule has 106 valence electrons. The largest absolute Gasteiger partial charge is 0.462 e. The van der Waals surface area contributed by atoms with E-state index in [0.717, 1.165) is 24.6 Å². The summed E-state index contributed by atoms with van der Waals surface area (Å²) in [5, 5.41) is 1.29. The summed E-state index contributed by atoms with van der Waals surface area (Å²) in [4.78, 5) is 13.9. The summed E-state index contributed by atoms with van der Waals surface area (Å²) >= 11 is 14.0. The molecular weight excluding hydrogens is 317 g/mol. The van der Waals surface area contributed by atoms with Crippen LogP contribution in [0.3, 0.4) is 0 Å². The highest BCUT2D eigenvalue weighted by atomic mass is 35.5. The number of hydrogen-bond donors (Lipinski definition) is 1. The molecule has 1 aliphatic rings. The Balaban J connectivity index is 2.00. The summed E-state index contributed by atoms with van der Waals surface area (Å²) in [5.41, 5.74) is 1.08. The van der Waals surface area contributed by atoms with Crippen molar-refractivity contribution in [2.75, 3.05) is 24.6 Å². The van der Waals surface area contributed by atoms with Crippen LogP contribution in [0.15, 0.2) is 27.6 Å². The van der Waals surface area contributed by atoms with Crippen molar-refractivity contribution >= 4 is 45.9 Å². The molecule has 0 amide bonds. The number of benzene rings is 1. The van der Waals surface area contributed by atoms with Crippen LogP contribution in [0.4, 0.5) is 0 Å². The molecule has 1 aromatic carbocycles. The van der Waals surface area contributed by atoms with Crippen LogP contribution in [0, 0.1) is 0 Å². The Hall–Kier alpha value is -0.680. The second-order valence-corrected chi connectivity index (χ2v) is 6.96. The average molecular weight is 331 g/mol. The molecule has 3 rings (SSSR count). The molecule has 2 aromatic rings. The van der Waals surface area contributed by atoms with E-state index in [0.29, 0.717) is 33.1 Å². The number of quaternary nitrogens is 1. The van der Waals surface area contributed by atoms with Gasteiger partial charge in [0.2, 0.25) is 5.43 Å². The van der Waals surface area contributed by atoms with Crippen LogP contribution in [-0.4, -0.2) is 24.6 Å². The monoisotopic (exact) mass is 330 g/mol. The molecule has 20 heavy (non-hydrogen) atoms. The van der Waals surface area contributed by atoms with Gasteiger partial charge in [-0.3, -0.25) is 4.79 Å².